The number of likely N-dealkylation sites (tertiary alicyclic amines) is 1. The van der Waals surface area contributed by atoms with Crippen LogP contribution in [0.4, 0.5) is 5.82 Å². The standard InChI is InChI=1S/C25H24ClN5OS/c1-16(32)30-22-14-18(8-9-27-22)21-15-20(24(33-21)25-28-10-11-29-25)23(31-12-2-3-13-31)17-4-6-19(26)7-5-17/h4-11,14-15,23H,2-3,12-13H2,1H3,(H,28,29)(H,27,30,32). The zero-order valence-electron chi connectivity index (χ0n) is 18.2. The van der Waals surface area contributed by atoms with Gasteiger partial charge in [-0.3, -0.25) is 9.69 Å². The number of halogens is 1. The van der Waals surface area contributed by atoms with Crippen molar-refractivity contribution in [2.24, 2.45) is 0 Å². The van der Waals surface area contributed by atoms with Gasteiger partial charge in [-0.2, -0.15) is 0 Å². The number of H-pyrrole nitrogens is 1. The largest absolute Gasteiger partial charge is 0.344 e. The maximum Gasteiger partial charge on any atom is 0.222 e. The van der Waals surface area contributed by atoms with Crippen molar-refractivity contribution < 1.29 is 4.79 Å². The number of rotatable bonds is 6. The number of nitrogens with one attached hydrogen (secondary N) is 2. The van der Waals surface area contributed by atoms with Gasteiger partial charge in [0.25, 0.3) is 0 Å². The number of pyridine rings is 1. The molecule has 4 heterocycles. The van der Waals surface area contributed by atoms with Crippen molar-refractivity contribution in [2.45, 2.75) is 25.8 Å². The van der Waals surface area contributed by atoms with E-state index in [1.54, 1.807) is 23.7 Å². The van der Waals surface area contributed by atoms with Crippen LogP contribution < -0.4 is 5.32 Å². The first-order valence-electron chi connectivity index (χ1n) is 11.0. The lowest BCUT2D eigenvalue weighted by molar-refractivity contribution is -0.114. The van der Waals surface area contributed by atoms with Crippen molar-refractivity contribution in [3.63, 3.8) is 0 Å². The van der Waals surface area contributed by atoms with Gasteiger partial charge in [-0.15, -0.1) is 11.3 Å². The number of aromatic nitrogens is 3. The van der Waals surface area contributed by atoms with E-state index in [-0.39, 0.29) is 11.9 Å². The Hall–Kier alpha value is -3.00. The van der Waals surface area contributed by atoms with Crippen LogP contribution in [0, 0.1) is 0 Å². The lowest BCUT2D eigenvalue weighted by Crippen LogP contribution is -2.26. The zero-order chi connectivity index (χ0) is 22.8. The highest BCUT2D eigenvalue weighted by molar-refractivity contribution is 7.19. The third-order valence-electron chi connectivity index (χ3n) is 5.81. The highest BCUT2D eigenvalue weighted by atomic mass is 35.5. The predicted molar refractivity (Wildman–Crippen MR) is 134 cm³/mol. The number of hydrogen-bond donors (Lipinski definition) is 2. The summed E-state index contributed by atoms with van der Waals surface area (Å²) in [4.78, 5) is 28.4. The number of hydrogen-bond acceptors (Lipinski definition) is 5. The van der Waals surface area contributed by atoms with Gasteiger partial charge in [0, 0.05) is 35.4 Å². The average molecular weight is 478 g/mol. The lowest BCUT2D eigenvalue weighted by atomic mass is 9.96. The molecule has 1 fully saturated rings. The van der Waals surface area contributed by atoms with Crippen molar-refractivity contribution in [3.8, 4) is 21.1 Å². The Morgan fingerprint density at radius 1 is 1.12 bits per heavy atom. The normalized spacial score (nSPS) is 15.0. The third kappa shape index (κ3) is 4.71. The van der Waals surface area contributed by atoms with E-state index in [2.05, 4.69) is 43.4 Å². The zero-order valence-corrected chi connectivity index (χ0v) is 19.8. The highest BCUT2D eigenvalue weighted by Gasteiger charge is 2.30. The molecule has 0 spiro atoms. The molecule has 168 valence electrons. The summed E-state index contributed by atoms with van der Waals surface area (Å²) in [6.07, 6.45) is 7.76. The second-order valence-corrected chi connectivity index (χ2v) is 9.63. The fraction of sp³-hybridized carbons (Fsp3) is 0.240. The number of carbonyl (C=O) groups excluding carboxylic acids is 1. The summed E-state index contributed by atoms with van der Waals surface area (Å²) in [5.41, 5.74) is 3.44. The molecule has 0 radical (unpaired) electrons. The summed E-state index contributed by atoms with van der Waals surface area (Å²) in [7, 11) is 0. The number of imidazole rings is 1. The predicted octanol–water partition coefficient (Wildman–Crippen LogP) is 6.00. The summed E-state index contributed by atoms with van der Waals surface area (Å²) in [5.74, 6) is 1.26. The molecule has 1 amide bonds. The Bertz CT molecular complexity index is 1250. The summed E-state index contributed by atoms with van der Waals surface area (Å²) < 4.78 is 0. The highest BCUT2D eigenvalue weighted by Crippen LogP contribution is 2.44. The van der Waals surface area contributed by atoms with Gasteiger partial charge in [-0.25, -0.2) is 9.97 Å². The molecule has 3 aromatic heterocycles. The third-order valence-corrected chi connectivity index (χ3v) is 7.27. The lowest BCUT2D eigenvalue weighted by Gasteiger charge is -2.28. The molecule has 5 rings (SSSR count). The van der Waals surface area contributed by atoms with Crippen LogP contribution in [0.15, 0.2) is 61.1 Å². The number of thiophene rings is 1. The number of nitrogens with zero attached hydrogens (tertiary/aromatic N) is 3. The molecule has 1 aromatic carbocycles. The summed E-state index contributed by atoms with van der Waals surface area (Å²) >= 11 is 7.90. The maximum atomic E-state index is 11.5. The molecule has 33 heavy (non-hydrogen) atoms. The van der Waals surface area contributed by atoms with E-state index in [0.29, 0.717) is 5.82 Å². The van der Waals surface area contributed by atoms with Gasteiger partial charge in [0.1, 0.15) is 11.6 Å². The fourth-order valence-corrected chi connectivity index (χ4v) is 5.66. The van der Waals surface area contributed by atoms with Crippen molar-refractivity contribution in [2.75, 3.05) is 18.4 Å². The average Bonchev–Trinajstić information content (AvgIpc) is 3.57. The molecule has 0 saturated carbocycles. The smallest absolute Gasteiger partial charge is 0.222 e. The minimum atomic E-state index is -0.139. The minimum absolute atomic E-state index is 0.103. The van der Waals surface area contributed by atoms with E-state index in [9.17, 15) is 4.79 Å². The van der Waals surface area contributed by atoms with E-state index in [1.165, 1.54) is 30.9 Å². The van der Waals surface area contributed by atoms with Crippen LogP contribution in [-0.2, 0) is 4.79 Å². The Balaban J connectivity index is 1.64. The van der Waals surface area contributed by atoms with Gasteiger partial charge in [0.2, 0.25) is 5.91 Å². The van der Waals surface area contributed by atoms with E-state index in [4.69, 9.17) is 11.6 Å². The first-order valence-corrected chi connectivity index (χ1v) is 12.1. The first kappa shape index (κ1) is 21.8. The van der Waals surface area contributed by atoms with Gasteiger partial charge in [-0.05, 0) is 73.0 Å². The van der Waals surface area contributed by atoms with E-state index >= 15 is 0 Å². The monoisotopic (exact) mass is 477 g/mol. The second-order valence-electron chi connectivity index (χ2n) is 8.14. The number of benzene rings is 1. The van der Waals surface area contributed by atoms with Gasteiger partial charge in [0.05, 0.1) is 10.9 Å². The van der Waals surface area contributed by atoms with E-state index in [0.717, 1.165) is 39.3 Å². The van der Waals surface area contributed by atoms with Crippen LogP contribution in [-0.4, -0.2) is 38.8 Å². The number of anilines is 1. The number of amides is 1. The number of carbonyl (C=O) groups is 1. The molecular weight excluding hydrogens is 454 g/mol. The van der Waals surface area contributed by atoms with Crippen molar-refractivity contribution in [1.82, 2.24) is 19.9 Å². The topological polar surface area (TPSA) is 73.9 Å². The molecule has 0 bridgehead atoms. The molecule has 1 unspecified atom stereocenters. The number of aromatic amines is 1. The van der Waals surface area contributed by atoms with E-state index in [1.807, 2.05) is 30.5 Å². The van der Waals surface area contributed by atoms with Crippen LogP contribution >= 0.6 is 22.9 Å². The first-order chi connectivity index (χ1) is 16.1. The van der Waals surface area contributed by atoms with Crippen molar-refractivity contribution in [1.29, 1.82) is 0 Å². The van der Waals surface area contributed by atoms with Crippen molar-refractivity contribution in [3.05, 3.63) is 77.2 Å². The summed E-state index contributed by atoms with van der Waals surface area (Å²) in [6.45, 7) is 3.59. The van der Waals surface area contributed by atoms with Gasteiger partial charge < -0.3 is 10.3 Å². The molecule has 1 saturated heterocycles. The summed E-state index contributed by atoms with van der Waals surface area (Å²) in [5, 5.41) is 3.51. The molecule has 0 aliphatic carbocycles. The van der Waals surface area contributed by atoms with Crippen LogP contribution in [0.25, 0.3) is 21.1 Å². The molecule has 1 atom stereocenters. The van der Waals surface area contributed by atoms with Crippen LogP contribution in [0.3, 0.4) is 0 Å². The Morgan fingerprint density at radius 2 is 1.91 bits per heavy atom. The van der Waals surface area contributed by atoms with E-state index < -0.39 is 0 Å². The molecule has 1 aliphatic rings. The summed E-state index contributed by atoms with van der Waals surface area (Å²) in [6, 6.07) is 14.4. The van der Waals surface area contributed by atoms with Gasteiger partial charge in [-0.1, -0.05) is 23.7 Å². The Labute approximate surface area is 201 Å². The van der Waals surface area contributed by atoms with Crippen molar-refractivity contribution >= 4 is 34.7 Å². The second kappa shape index (κ2) is 9.47. The fourth-order valence-electron chi connectivity index (χ4n) is 4.39. The van der Waals surface area contributed by atoms with Crippen LogP contribution in [0.2, 0.25) is 5.02 Å². The van der Waals surface area contributed by atoms with Crippen LogP contribution in [0.1, 0.15) is 36.9 Å². The van der Waals surface area contributed by atoms with Crippen LogP contribution in [0.5, 0.6) is 0 Å². The molecule has 8 heteroatoms. The molecule has 4 aromatic rings. The Kier molecular flexibility index (Phi) is 6.26. The Morgan fingerprint density at radius 3 is 2.61 bits per heavy atom. The SMILES string of the molecule is CC(=O)Nc1cc(-c2cc(C(c3ccc(Cl)cc3)N3CCCC3)c(-c3ncc[nH]3)s2)ccn1. The molecule has 1 aliphatic heterocycles. The van der Waals surface area contributed by atoms with Gasteiger partial charge >= 0.3 is 0 Å². The molecular formula is C25H24ClN5OS. The molecule has 6 nitrogen and oxygen atoms in total. The quantitative estimate of drug-likeness (QED) is 0.357. The van der Waals surface area contributed by atoms with Gasteiger partial charge in [0.15, 0.2) is 0 Å². The minimum Gasteiger partial charge on any atom is -0.344 e. The maximum absolute atomic E-state index is 11.5. The molecule has 2 N–H and O–H groups in total.